The van der Waals surface area contributed by atoms with Gasteiger partial charge in [-0.1, -0.05) is 73.7 Å². The number of aryl methyl sites for hydroxylation is 1. The lowest BCUT2D eigenvalue weighted by Crippen LogP contribution is -2.32. The van der Waals surface area contributed by atoms with Gasteiger partial charge in [0, 0.05) is 0 Å². The van der Waals surface area contributed by atoms with Crippen LogP contribution >= 0.6 is 0 Å². The van der Waals surface area contributed by atoms with Gasteiger partial charge < -0.3 is 0 Å². The standard InChI is InChI=1S/C30H37F/c1-19-7-5-8-24(13-19)29-17-27(29)22(4)20(2)14-21(3)23-9-10-25(15-23)28-16-26(28)18-30(31)11-6-12-30/h5,7-10,13,15,21,25-29H,2,4,6,11-12,14,16-18H2,1,3H3. The van der Waals surface area contributed by atoms with Crippen molar-refractivity contribution in [2.75, 3.05) is 0 Å². The molecule has 0 spiro atoms. The fourth-order valence-electron chi connectivity index (χ4n) is 6.09. The van der Waals surface area contributed by atoms with Gasteiger partial charge in [0.25, 0.3) is 0 Å². The molecule has 31 heavy (non-hydrogen) atoms. The highest BCUT2D eigenvalue weighted by Crippen LogP contribution is 2.56. The summed E-state index contributed by atoms with van der Waals surface area (Å²) in [5.74, 6) is 3.46. The smallest absolute Gasteiger partial charge is 0.111 e. The van der Waals surface area contributed by atoms with Gasteiger partial charge in [-0.05, 0) is 104 Å². The molecule has 0 aromatic heterocycles. The van der Waals surface area contributed by atoms with Crippen LogP contribution < -0.4 is 0 Å². The molecule has 4 aliphatic carbocycles. The highest BCUT2D eigenvalue weighted by molar-refractivity contribution is 5.41. The van der Waals surface area contributed by atoms with Crippen LogP contribution in [-0.2, 0) is 0 Å². The van der Waals surface area contributed by atoms with Crippen molar-refractivity contribution in [3.8, 4) is 0 Å². The van der Waals surface area contributed by atoms with Crippen LogP contribution in [0.3, 0.4) is 0 Å². The quantitative estimate of drug-likeness (QED) is 0.355. The molecular weight excluding hydrogens is 379 g/mol. The van der Waals surface area contributed by atoms with Crippen LogP contribution in [0.4, 0.5) is 4.39 Å². The molecule has 0 N–H and O–H groups in total. The maximum Gasteiger partial charge on any atom is 0.111 e. The van der Waals surface area contributed by atoms with Gasteiger partial charge in [0.2, 0.25) is 0 Å². The van der Waals surface area contributed by atoms with Crippen molar-refractivity contribution in [3.63, 3.8) is 0 Å². The molecular formula is C30H37F. The van der Waals surface area contributed by atoms with Gasteiger partial charge in [0.1, 0.15) is 5.67 Å². The second-order valence-electron chi connectivity index (χ2n) is 11.1. The second-order valence-corrected chi connectivity index (χ2v) is 11.1. The van der Waals surface area contributed by atoms with Gasteiger partial charge >= 0.3 is 0 Å². The number of benzene rings is 1. The molecule has 3 saturated carbocycles. The van der Waals surface area contributed by atoms with E-state index in [9.17, 15) is 4.39 Å². The summed E-state index contributed by atoms with van der Waals surface area (Å²) in [5.41, 5.74) is 5.88. The summed E-state index contributed by atoms with van der Waals surface area (Å²) in [5, 5.41) is 0. The third-order valence-electron chi connectivity index (χ3n) is 8.53. The van der Waals surface area contributed by atoms with Crippen LogP contribution in [0.1, 0.15) is 68.9 Å². The minimum absolute atomic E-state index is 0.470. The van der Waals surface area contributed by atoms with E-state index in [0.29, 0.717) is 35.5 Å². The lowest BCUT2D eigenvalue weighted by Gasteiger charge is -2.34. The fourth-order valence-corrected chi connectivity index (χ4v) is 6.09. The number of alkyl halides is 1. The van der Waals surface area contributed by atoms with E-state index in [1.165, 1.54) is 40.7 Å². The summed E-state index contributed by atoms with van der Waals surface area (Å²) in [6.45, 7) is 13.3. The molecule has 1 aromatic rings. The highest BCUT2D eigenvalue weighted by atomic mass is 19.1. The maximum atomic E-state index is 14.5. The molecule has 0 saturated heterocycles. The van der Waals surface area contributed by atoms with E-state index < -0.39 is 5.67 Å². The molecule has 164 valence electrons. The van der Waals surface area contributed by atoms with Gasteiger partial charge in [0.15, 0.2) is 0 Å². The molecule has 1 aromatic carbocycles. The Hall–Kier alpha value is -1.89. The van der Waals surface area contributed by atoms with Gasteiger partial charge in [-0.2, -0.15) is 0 Å². The lowest BCUT2D eigenvalue weighted by molar-refractivity contribution is 0.0457. The molecule has 1 heteroatoms. The molecule has 3 fully saturated rings. The Morgan fingerprint density at radius 3 is 2.74 bits per heavy atom. The van der Waals surface area contributed by atoms with Gasteiger partial charge in [-0.25, -0.2) is 4.39 Å². The Balaban J connectivity index is 1.12. The topological polar surface area (TPSA) is 0 Å². The maximum absolute atomic E-state index is 14.5. The third kappa shape index (κ3) is 4.38. The van der Waals surface area contributed by atoms with Crippen molar-refractivity contribution in [1.29, 1.82) is 0 Å². The first kappa shape index (κ1) is 21.0. The van der Waals surface area contributed by atoms with Crippen molar-refractivity contribution < 1.29 is 4.39 Å². The first-order valence-corrected chi connectivity index (χ1v) is 12.4. The van der Waals surface area contributed by atoms with Crippen LogP contribution in [0.2, 0.25) is 0 Å². The Labute approximate surface area is 188 Å². The molecule has 6 atom stereocenters. The van der Waals surface area contributed by atoms with Crippen LogP contribution in [0, 0.1) is 36.5 Å². The number of allylic oxidation sites excluding steroid dienone is 6. The minimum Gasteiger partial charge on any atom is -0.244 e. The molecule has 0 amide bonds. The van der Waals surface area contributed by atoms with E-state index in [0.717, 1.165) is 32.1 Å². The van der Waals surface area contributed by atoms with Crippen molar-refractivity contribution in [1.82, 2.24) is 0 Å². The third-order valence-corrected chi connectivity index (χ3v) is 8.53. The average molecular weight is 417 g/mol. The number of rotatable bonds is 9. The highest BCUT2D eigenvalue weighted by Gasteiger charge is 2.49. The summed E-state index contributed by atoms with van der Waals surface area (Å²) in [4.78, 5) is 0. The Bertz CT molecular complexity index is 943. The van der Waals surface area contributed by atoms with Crippen LogP contribution in [0.5, 0.6) is 0 Å². The largest absolute Gasteiger partial charge is 0.244 e. The van der Waals surface area contributed by atoms with Crippen molar-refractivity contribution in [3.05, 3.63) is 83.5 Å². The fraction of sp³-hybridized carbons (Fsp3) is 0.533. The van der Waals surface area contributed by atoms with Gasteiger partial charge in [-0.15, -0.1) is 0 Å². The van der Waals surface area contributed by atoms with Crippen LogP contribution in [0.15, 0.2) is 72.4 Å². The summed E-state index contributed by atoms with van der Waals surface area (Å²) < 4.78 is 14.5. The summed E-state index contributed by atoms with van der Waals surface area (Å²) in [7, 11) is 0. The van der Waals surface area contributed by atoms with Crippen molar-refractivity contribution in [2.24, 2.45) is 29.6 Å². The molecule has 6 unspecified atom stereocenters. The van der Waals surface area contributed by atoms with E-state index in [-0.39, 0.29) is 0 Å². The van der Waals surface area contributed by atoms with E-state index in [4.69, 9.17) is 0 Å². The summed E-state index contributed by atoms with van der Waals surface area (Å²) >= 11 is 0. The predicted molar refractivity (Wildman–Crippen MR) is 129 cm³/mol. The monoisotopic (exact) mass is 416 g/mol. The first-order chi connectivity index (χ1) is 14.8. The molecule has 4 aliphatic rings. The first-order valence-electron chi connectivity index (χ1n) is 12.4. The molecule has 0 heterocycles. The van der Waals surface area contributed by atoms with Crippen LogP contribution in [0.25, 0.3) is 0 Å². The van der Waals surface area contributed by atoms with Crippen molar-refractivity contribution >= 4 is 0 Å². The minimum atomic E-state index is -0.821. The Morgan fingerprint density at radius 1 is 1.23 bits per heavy atom. The molecule has 0 bridgehead atoms. The van der Waals surface area contributed by atoms with E-state index in [1.807, 2.05) is 0 Å². The Morgan fingerprint density at radius 2 is 2.03 bits per heavy atom. The van der Waals surface area contributed by atoms with Gasteiger partial charge in [0.05, 0.1) is 0 Å². The molecule has 5 rings (SSSR count). The molecule has 0 nitrogen and oxygen atoms in total. The molecule has 0 aliphatic heterocycles. The average Bonchev–Trinajstić information content (AvgIpc) is 3.62. The normalized spacial score (nSPS) is 33.4. The zero-order chi connectivity index (χ0) is 21.8. The number of hydrogen-bond acceptors (Lipinski definition) is 0. The molecule has 0 radical (unpaired) electrons. The SMILES string of the molecule is C=C(CC(C)C1=CC(C2CC2CC2(F)CCC2)C=C1)C(=C)C1CC1c1cccc(C)c1. The van der Waals surface area contributed by atoms with E-state index in [2.05, 4.69) is 69.5 Å². The van der Waals surface area contributed by atoms with Crippen LogP contribution in [-0.4, -0.2) is 5.67 Å². The second kappa shape index (κ2) is 7.91. The predicted octanol–water partition coefficient (Wildman–Crippen LogP) is 8.27. The Kier molecular flexibility index (Phi) is 5.35. The summed E-state index contributed by atoms with van der Waals surface area (Å²) in [6.07, 6.45) is 14.0. The van der Waals surface area contributed by atoms with Crippen molar-refractivity contribution in [2.45, 2.75) is 70.4 Å². The zero-order valence-electron chi connectivity index (χ0n) is 19.2. The lowest BCUT2D eigenvalue weighted by atomic mass is 9.78. The number of hydrogen-bond donors (Lipinski definition) is 0. The number of halogens is 1. The van der Waals surface area contributed by atoms with E-state index in [1.54, 1.807) is 0 Å². The van der Waals surface area contributed by atoms with E-state index >= 15 is 0 Å². The van der Waals surface area contributed by atoms with Gasteiger partial charge in [-0.3, -0.25) is 0 Å². The summed E-state index contributed by atoms with van der Waals surface area (Å²) in [6, 6.07) is 8.90. The zero-order valence-corrected chi connectivity index (χ0v) is 19.2.